The summed E-state index contributed by atoms with van der Waals surface area (Å²) in [5.41, 5.74) is 0. The van der Waals surface area contributed by atoms with E-state index in [1.54, 1.807) is 0 Å². The van der Waals surface area contributed by atoms with Gasteiger partial charge in [-0.25, -0.2) is 0 Å². The Bertz CT molecular complexity index is 368. The van der Waals surface area contributed by atoms with Crippen LogP contribution in [-0.4, -0.2) is 21.4 Å². The summed E-state index contributed by atoms with van der Waals surface area (Å²) in [5.74, 6) is 2.23. The third-order valence-electron chi connectivity index (χ3n) is 3.72. The molecule has 0 bridgehead atoms. The fourth-order valence-electron chi connectivity index (χ4n) is 2.84. The molecule has 3 rings (SSSR count). The van der Waals surface area contributed by atoms with Crippen molar-refractivity contribution in [1.29, 1.82) is 0 Å². The van der Waals surface area contributed by atoms with Gasteiger partial charge < -0.3 is 9.30 Å². The van der Waals surface area contributed by atoms with E-state index in [1.807, 2.05) is 0 Å². The average Bonchev–Trinajstić information content (AvgIpc) is 2.75. The first-order valence-electron chi connectivity index (χ1n) is 6.41. The first-order valence-corrected chi connectivity index (χ1v) is 6.41. The fraction of sp³-hybridized carbons (Fsp3) is 0.833. The highest BCUT2D eigenvalue weighted by molar-refractivity contribution is 5.05. The van der Waals surface area contributed by atoms with Crippen LogP contribution in [0, 0.1) is 0 Å². The topological polar surface area (TPSA) is 39.9 Å². The molecule has 2 atom stereocenters. The SMILES string of the molecule is CC1CCCc2nnc(C3CCCCO3)n21. The monoisotopic (exact) mass is 221 g/mol. The summed E-state index contributed by atoms with van der Waals surface area (Å²) in [5, 5.41) is 8.68. The Balaban J connectivity index is 1.91. The Morgan fingerprint density at radius 1 is 1.19 bits per heavy atom. The van der Waals surface area contributed by atoms with E-state index in [4.69, 9.17) is 4.74 Å². The van der Waals surface area contributed by atoms with Crippen LogP contribution in [0.5, 0.6) is 0 Å². The third kappa shape index (κ3) is 1.65. The van der Waals surface area contributed by atoms with Crippen molar-refractivity contribution in [3.05, 3.63) is 11.6 Å². The van der Waals surface area contributed by atoms with Crippen molar-refractivity contribution in [2.45, 2.75) is 57.6 Å². The molecule has 1 fully saturated rings. The molecule has 0 aliphatic carbocycles. The summed E-state index contributed by atoms with van der Waals surface area (Å²) < 4.78 is 8.13. The maximum atomic E-state index is 5.81. The van der Waals surface area contributed by atoms with Gasteiger partial charge in [0.15, 0.2) is 5.82 Å². The summed E-state index contributed by atoms with van der Waals surface area (Å²) in [4.78, 5) is 0. The summed E-state index contributed by atoms with van der Waals surface area (Å²) in [6.07, 6.45) is 7.29. The van der Waals surface area contributed by atoms with Gasteiger partial charge in [0.2, 0.25) is 0 Å². The van der Waals surface area contributed by atoms with Gasteiger partial charge in [-0.2, -0.15) is 0 Å². The Kier molecular flexibility index (Phi) is 2.67. The van der Waals surface area contributed by atoms with Crippen LogP contribution in [0.25, 0.3) is 0 Å². The van der Waals surface area contributed by atoms with Crippen molar-refractivity contribution in [3.63, 3.8) is 0 Å². The molecule has 4 nitrogen and oxygen atoms in total. The van der Waals surface area contributed by atoms with E-state index < -0.39 is 0 Å². The number of hydrogen-bond donors (Lipinski definition) is 0. The molecule has 88 valence electrons. The average molecular weight is 221 g/mol. The van der Waals surface area contributed by atoms with Crippen molar-refractivity contribution in [2.24, 2.45) is 0 Å². The quantitative estimate of drug-likeness (QED) is 0.731. The molecule has 0 spiro atoms. The standard InChI is InChI=1S/C12H19N3O/c1-9-5-4-7-11-13-14-12(15(9)11)10-6-2-3-8-16-10/h9-10H,2-8H2,1H3. The Morgan fingerprint density at radius 2 is 2.12 bits per heavy atom. The zero-order chi connectivity index (χ0) is 11.0. The molecular formula is C12H19N3O. The summed E-state index contributed by atoms with van der Waals surface area (Å²) in [6, 6.07) is 0.541. The highest BCUT2D eigenvalue weighted by Gasteiger charge is 2.27. The van der Waals surface area contributed by atoms with E-state index in [1.165, 1.54) is 25.7 Å². The first-order chi connectivity index (χ1) is 7.86. The molecule has 0 radical (unpaired) electrons. The third-order valence-corrected chi connectivity index (χ3v) is 3.72. The Hall–Kier alpha value is -0.900. The molecule has 0 aromatic carbocycles. The van der Waals surface area contributed by atoms with Gasteiger partial charge in [-0.1, -0.05) is 0 Å². The van der Waals surface area contributed by atoms with E-state index in [0.717, 1.165) is 31.1 Å². The van der Waals surface area contributed by atoms with Crippen molar-refractivity contribution in [3.8, 4) is 0 Å². The van der Waals surface area contributed by atoms with E-state index >= 15 is 0 Å². The number of fused-ring (bicyclic) bond motifs is 1. The lowest BCUT2D eigenvalue weighted by Gasteiger charge is -2.27. The van der Waals surface area contributed by atoms with Gasteiger partial charge in [0, 0.05) is 19.1 Å². The zero-order valence-corrected chi connectivity index (χ0v) is 9.85. The minimum Gasteiger partial charge on any atom is -0.370 e. The Morgan fingerprint density at radius 3 is 2.94 bits per heavy atom. The largest absolute Gasteiger partial charge is 0.370 e. The highest BCUT2D eigenvalue weighted by Crippen LogP contribution is 2.32. The molecule has 3 heterocycles. The summed E-state index contributed by atoms with van der Waals surface area (Å²) in [6.45, 7) is 3.14. The van der Waals surface area contributed by atoms with Gasteiger partial charge in [-0.05, 0) is 39.0 Å². The minimum atomic E-state index is 0.190. The van der Waals surface area contributed by atoms with Crippen LogP contribution >= 0.6 is 0 Å². The second-order valence-electron chi connectivity index (χ2n) is 4.94. The molecule has 16 heavy (non-hydrogen) atoms. The predicted molar refractivity (Wildman–Crippen MR) is 60.2 cm³/mol. The summed E-state index contributed by atoms with van der Waals surface area (Å²) in [7, 11) is 0. The Labute approximate surface area is 96.0 Å². The lowest BCUT2D eigenvalue weighted by Crippen LogP contribution is -2.22. The van der Waals surface area contributed by atoms with Gasteiger partial charge in [-0.3, -0.25) is 0 Å². The highest BCUT2D eigenvalue weighted by atomic mass is 16.5. The molecule has 1 aromatic heterocycles. The number of aryl methyl sites for hydroxylation is 1. The normalized spacial score (nSPS) is 30.1. The van der Waals surface area contributed by atoms with E-state index in [2.05, 4.69) is 21.7 Å². The predicted octanol–water partition coefficient (Wildman–Crippen LogP) is 2.42. The molecule has 2 aliphatic heterocycles. The van der Waals surface area contributed by atoms with Gasteiger partial charge >= 0.3 is 0 Å². The second kappa shape index (κ2) is 4.17. The van der Waals surface area contributed by atoms with E-state index in [9.17, 15) is 0 Å². The number of rotatable bonds is 1. The van der Waals surface area contributed by atoms with E-state index in [-0.39, 0.29) is 6.10 Å². The number of aromatic nitrogens is 3. The van der Waals surface area contributed by atoms with Gasteiger partial charge in [0.1, 0.15) is 11.9 Å². The van der Waals surface area contributed by atoms with Crippen LogP contribution in [0.2, 0.25) is 0 Å². The molecule has 2 aliphatic rings. The number of ether oxygens (including phenoxy) is 1. The van der Waals surface area contributed by atoms with Gasteiger partial charge in [0.25, 0.3) is 0 Å². The van der Waals surface area contributed by atoms with Crippen LogP contribution in [0.3, 0.4) is 0 Å². The molecule has 0 saturated carbocycles. The van der Waals surface area contributed by atoms with Crippen LogP contribution in [0.1, 0.15) is 62.8 Å². The summed E-state index contributed by atoms with van der Waals surface area (Å²) >= 11 is 0. The molecule has 1 aromatic rings. The molecule has 0 N–H and O–H groups in total. The van der Waals surface area contributed by atoms with Crippen molar-refractivity contribution in [1.82, 2.24) is 14.8 Å². The number of nitrogens with zero attached hydrogens (tertiary/aromatic N) is 3. The zero-order valence-electron chi connectivity index (χ0n) is 9.85. The minimum absolute atomic E-state index is 0.190. The van der Waals surface area contributed by atoms with Crippen molar-refractivity contribution >= 4 is 0 Å². The van der Waals surface area contributed by atoms with Crippen LogP contribution in [0.15, 0.2) is 0 Å². The van der Waals surface area contributed by atoms with E-state index in [0.29, 0.717) is 6.04 Å². The lowest BCUT2D eigenvalue weighted by atomic mass is 10.0. The van der Waals surface area contributed by atoms with Crippen molar-refractivity contribution < 1.29 is 4.74 Å². The van der Waals surface area contributed by atoms with Crippen LogP contribution in [0.4, 0.5) is 0 Å². The molecular weight excluding hydrogens is 202 g/mol. The van der Waals surface area contributed by atoms with Gasteiger partial charge in [-0.15, -0.1) is 10.2 Å². The van der Waals surface area contributed by atoms with Crippen molar-refractivity contribution in [2.75, 3.05) is 6.61 Å². The maximum Gasteiger partial charge on any atom is 0.162 e. The fourth-order valence-corrected chi connectivity index (χ4v) is 2.84. The smallest absolute Gasteiger partial charge is 0.162 e. The molecule has 4 heteroatoms. The maximum absolute atomic E-state index is 5.81. The second-order valence-corrected chi connectivity index (χ2v) is 4.94. The molecule has 0 amide bonds. The van der Waals surface area contributed by atoms with Crippen LogP contribution < -0.4 is 0 Å². The van der Waals surface area contributed by atoms with Crippen LogP contribution in [-0.2, 0) is 11.2 Å². The molecule has 1 saturated heterocycles. The van der Waals surface area contributed by atoms with Gasteiger partial charge in [0.05, 0.1) is 0 Å². The lowest BCUT2D eigenvalue weighted by molar-refractivity contribution is 0.00598. The molecule has 2 unspecified atom stereocenters. The number of hydrogen-bond acceptors (Lipinski definition) is 3. The first kappa shape index (κ1) is 10.3.